The number of hydrogen-bond donors (Lipinski definition) is 1. The van der Waals surface area contributed by atoms with E-state index in [4.69, 9.17) is 63.7 Å². The van der Waals surface area contributed by atoms with E-state index in [-0.39, 0.29) is 6.04 Å². The van der Waals surface area contributed by atoms with Crippen molar-refractivity contribution in [3.8, 4) is 11.1 Å². The van der Waals surface area contributed by atoms with Gasteiger partial charge in [-0.05, 0) is 30.2 Å². The molecule has 0 aliphatic carbocycles. The summed E-state index contributed by atoms with van der Waals surface area (Å²) in [5.41, 5.74) is 7.97. The van der Waals surface area contributed by atoms with E-state index in [2.05, 4.69) is 0 Å². The zero-order chi connectivity index (χ0) is 15.0. The average Bonchev–Trinajstić information content (AvgIpc) is 2.36. The number of benzene rings is 2. The van der Waals surface area contributed by atoms with Gasteiger partial charge < -0.3 is 5.73 Å². The van der Waals surface area contributed by atoms with Crippen LogP contribution in [0.4, 0.5) is 0 Å². The van der Waals surface area contributed by atoms with Gasteiger partial charge in [0.15, 0.2) is 0 Å². The summed E-state index contributed by atoms with van der Waals surface area (Å²) < 4.78 is 0. The normalized spacial score (nSPS) is 12.6. The van der Waals surface area contributed by atoms with Crippen LogP contribution in [0.15, 0.2) is 24.3 Å². The van der Waals surface area contributed by atoms with Crippen molar-refractivity contribution in [2.45, 2.75) is 13.0 Å². The number of halogens is 5. The standard InChI is InChI=1S/C14H10Cl5N/c1-6(20)8-3-2-7(4-9(8)15)12-13(18)10(16)5-11(17)14(12)19/h2-6H,20H2,1H3. The van der Waals surface area contributed by atoms with Gasteiger partial charge in [-0.1, -0.05) is 70.1 Å². The molecule has 0 bridgehead atoms. The van der Waals surface area contributed by atoms with Gasteiger partial charge in [0, 0.05) is 16.6 Å². The van der Waals surface area contributed by atoms with Crippen molar-refractivity contribution in [1.29, 1.82) is 0 Å². The molecule has 6 heteroatoms. The largest absolute Gasteiger partial charge is 0.324 e. The lowest BCUT2D eigenvalue weighted by Crippen LogP contribution is -2.05. The molecule has 0 heterocycles. The fourth-order valence-corrected chi connectivity index (χ4v) is 3.26. The molecule has 0 spiro atoms. The van der Waals surface area contributed by atoms with E-state index < -0.39 is 0 Å². The molecule has 0 amide bonds. The van der Waals surface area contributed by atoms with Crippen LogP contribution in [0.25, 0.3) is 11.1 Å². The van der Waals surface area contributed by atoms with Crippen LogP contribution >= 0.6 is 58.0 Å². The third kappa shape index (κ3) is 3.04. The fraction of sp³-hybridized carbons (Fsp3) is 0.143. The maximum Gasteiger partial charge on any atom is 0.0686 e. The summed E-state index contributed by atoms with van der Waals surface area (Å²) in [5.74, 6) is 0. The van der Waals surface area contributed by atoms with E-state index in [1.165, 1.54) is 6.07 Å². The molecule has 1 nitrogen and oxygen atoms in total. The van der Waals surface area contributed by atoms with Crippen LogP contribution in [-0.4, -0.2) is 0 Å². The van der Waals surface area contributed by atoms with E-state index in [0.29, 0.717) is 30.7 Å². The Morgan fingerprint density at radius 2 is 1.40 bits per heavy atom. The molecule has 106 valence electrons. The van der Waals surface area contributed by atoms with Crippen molar-refractivity contribution in [3.63, 3.8) is 0 Å². The van der Waals surface area contributed by atoms with Gasteiger partial charge in [0.1, 0.15) is 0 Å². The Labute approximate surface area is 142 Å². The molecule has 0 fully saturated rings. The predicted molar refractivity (Wildman–Crippen MR) is 89.5 cm³/mol. The van der Waals surface area contributed by atoms with Gasteiger partial charge >= 0.3 is 0 Å². The van der Waals surface area contributed by atoms with Crippen LogP contribution in [0, 0.1) is 0 Å². The van der Waals surface area contributed by atoms with E-state index in [1.807, 2.05) is 19.1 Å². The second-order valence-electron chi connectivity index (χ2n) is 4.37. The summed E-state index contributed by atoms with van der Waals surface area (Å²) in [4.78, 5) is 0. The number of rotatable bonds is 2. The van der Waals surface area contributed by atoms with Crippen LogP contribution in [0.2, 0.25) is 25.1 Å². The third-order valence-corrected chi connectivity index (χ3v) is 4.79. The first kappa shape index (κ1) is 16.2. The summed E-state index contributed by atoms with van der Waals surface area (Å²) in [6.45, 7) is 1.86. The first-order valence-corrected chi connectivity index (χ1v) is 7.60. The summed E-state index contributed by atoms with van der Waals surface area (Å²) in [7, 11) is 0. The molecule has 0 saturated heterocycles. The predicted octanol–water partition coefficient (Wildman–Crippen LogP) is 6.64. The minimum atomic E-state index is -0.162. The molecule has 2 aromatic rings. The molecule has 1 unspecified atom stereocenters. The molecule has 20 heavy (non-hydrogen) atoms. The van der Waals surface area contributed by atoms with Gasteiger partial charge in [-0.3, -0.25) is 0 Å². The van der Waals surface area contributed by atoms with E-state index in [0.717, 1.165) is 11.1 Å². The summed E-state index contributed by atoms with van der Waals surface area (Å²) in [5, 5.41) is 1.89. The Bertz CT molecular complexity index is 641. The Morgan fingerprint density at radius 3 is 1.85 bits per heavy atom. The summed E-state index contributed by atoms with van der Waals surface area (Å²) >= 11 is 30.7. The van der Waals surface area contributed by atoms with Crippen molar-refractivity contribution in [1.82, 2.24) is 0 Å². The van der Waals surface area contributed by atoms with Crippen molar-refractivity contribution in [2.75, 3.05) is 0 Å². The van der Waals surface area contributed by atoms with E-state index >= 15 is 0 Å². The zero-order valence-electron chi connectivity index (χ0n) is 10.4. The Balaban J connectivity index is 2.66. The van der Waals surface area contributed by atoms with Gasteiger partial charge in [0.25, 0.3) is 0 Å². The van der Waals surface area contributed by atoms with Crippen LogP contribution in [0.3, 0.4) is 0 Å². The molecule has 1 atom stereocenters. The highest BCUT2D eigenvalue weighted by atomic mass is 35.5. The smallest absolute Gasteiger partial charge is 0.0686 e. The highest BCUT2D eigenvalue weighted by Gasteiger charge is 2.17. The molecule has 0 radical (unpaired) electrons. The van der Waals surface area contributed by atoms with Crippen molar-refractivity contribution >= 4 is 58.0 Å². The Kier molecular flexibility index (Phi) is 5.12. The molecule has 0 saturated carbocycles. The molecule has 2 N–H and O–H groups in total. The van der Waals surface area contributed by atoms with Gasteiger partial charge in [-0.2, -0.15) is 0 Å². The van der Waals surface area contributed by atoms with E-state index in [9.17, 15) is 0 Å². The van der Waals surface area contributed by atoms with Crippen molar-refractivity contribution in [2.24, 2.45) is 5.73 Å². The lowest BCUT2D eigenvalue weighted by Gasteiger charge is -2.13. The second kappa shape index (κ2) is 6.31. The highest BCUT2D eigenvalue weighted by Crippen LogP contribution is 2.44. The van der Waals surface area contributed by atoms with Crippen LogP contribution < -0.4 is 5.73 Å². The van der Waals surface area contributed by atoms with Gasteiger partial charge in [-0.15, -0.1) is 0 Å². The Hall–Kier alpha value is -0.150. The minimum Gasteiger partial charge on any atom is -0.324 e. The summed E-state index contributed by atoms with van der Waals surface area (Å²) in [6, 6.07) is 6.77. The van der Waals surface area contributed by atoms with Crippen LogP contribution in [0.5, 0.6) is 0 Å². The Morgan fingerprint density at radius 1 is 0.850 bits per heavy atom. The van der Waals surface area contributed by atoms with Crippen LogP contribution in [0.1, 0.15) is 18.5 Å². The molecule has 2 aromatic carbocycles. The average molecular weight is 370 g/mol. The molecule has 0 aromatic heterocycles. The quantitative estimate of drug-likeness (QED) is 0.590. The molecular formula is C14H10Cl5N. The lowest BCUT2D eigenvalue weighted by molar-refractivity contribution is 0.819. The van der Waals surface area contributed by atoms with Gasteiger partial charge in [0.05, 0.1) is 20.1 Å². The molecular weight excluding hydrogens is 359 g/mol. The minimum absolute atomic E-state index is 0.162. The third-order valence-electron chi connectivity index (χ3n) is 2.89. The van der Waals surface area contributed by atoms with Gasteiger partial charge in [0.2, 0.25) is 0 Å². The topological polar surface area (TPSA) is 26.0 Å². The SMILES string of the molecule is CC(N)c1ccc(-c2c(Cl)c(Cl)cc(Cl)c2Cl)cc1Cl. The monoisotopic (exact) mass is 367 g/mol. The highest BCUT2D eigenvalue weighted by molar-refractivity contribution is 6.50. The zero-order valence-corrected chi connectivity index (χ0v) is 14.1. The maximum absolute atomic E-state index is 6.23. The second-order valence-corrected chi connectivity index (χ2v) is 6.35. The lowest BCUT2D eigenvalue weighted by atomic mass is 10.0. The first-order chi connectivity index (χ1) is 9.32. The molecule has 2 rings (SSSR count). The van der Waals surface area contributed by atoms with Crippen molar-refractivity contribution < 1.29 is 0 Å². The number of nitrogens with two attached hydrogens (primary N) is 1. The van der Waals surface area contributed by atoms with Gasteiger partial charge in [-0.25, -0.2) is 0 Å². The van der Waals surface area contributed by atoms with Crippen molar-refractivity contribution in [3.05, 3.63) is 54.9 Å². The molecule has 0 aliphatic rings. The summed E-state index contributed by atoms with van der Waals surface area (Å²) in [6.07, 6.45) is 0. The first-order valence-electron chi connectivity index (χ1n) is 5.71. The maximum atomic E-state index is 6.23. The van der Waals surface area contributed by atoms with Crippen LogP contribution in [-0.2, 0) is 0 Å². The van der Waals surface area contributed by atoms with E-state index in [1.54, 1.807) is 6.07 Å². The fourth-order valence-electron chi connectivity index (χ4n) is 1.88. The number of hydrogen-bond acceptors (Lipinski definition) is 1. The molecule has 0 aliphatic heterocycles.